The van der Waals surface area contributed by atoms with Gasteiger partial charge < -0.3 is 15.6 Å². The Bertz CT molecular complexity index is 231. The third-order valence-corrected chi connectivity index (χ3v) is 1.63. The van der Waals surface area contributed by atoms with Gasteiger partial charge in [0.25, 0.3) is 0 Å². The molecule has 1 atom stereocenters. The maximum atomic E-state index is 5.49. The van der Waals surface area contributed by atoms with E-state index in [2.05, 4.69) is 15.5 Å². The second-order valence-electron chi connectivity index (χ2n) is 2.63. The van der Waals surface area contributed by atoms with Crippen LogP contribution in [0.15, 0.2) is 4.52 Å². The number of nitrogens with one attached hydrogen (secondary N) is 1. The number of aromatic nitrogens is 2. The molecule has 0 saturated heterocycles. The highest BCUT2D eigenvalue weighted by molar-refractivity contribution is 5.20. The molecule has 12 heavy (non-hydrogen) atoms. The predicted octanol–water partition coefficient (Wildman–Crippen LogP) is 0.527. The molecule has 5 nitrogen and oxygen atoms in total. The molecule has 1 heterocycles. The summed E-state index contributed by atoms with van der Waals surface area (Å²) in [7, 11) is 0. The molecular weight excluding hydrogens is 156 g/mol. The van der Waals surface area contributed by atoms with Gasteiger partial charge in [0.1, 0.15) is 0 Å². The van der Waals surface area contributed by atoms with E-state index in [0.29, 0.717) is 18.4 Å². The largest absolute Gasteiger partial charge is 0.334 e. The minimum absolute atomic E-state index is 0.213. The first-order valence-corrected chi connectivity index (χ1v) is 4.03. The third kappa shape index (κ3) is 2.20. The van der Waals surface area contributed by atoms with E-state index in [0.717, 1.165) is 6.42 Å². The Morgan fingerprint density at radius 3 is 2.83 bits per heavy atom. The monoisotopic (exact) mass is 170 g/mol. The van der Waals surface area contributed by atoms with Gasteiger partial charge in [0.2, 0.25) is 0 Å². The van der Waals surface area contributed by atoms with Crippen LogP contribution in [0.1, 0.15) is 19.2 Å². The van der Waals surface area contributed by atoms with Crippen LogP contribution >= 0.6 is 0 Å². The molecule has 0 saturated carbocycles. The summed E-state index contributed by atoms with van der Waals surface area (Å²) in [6, 6.07) is 0.662. The van der Waals surface area contributed by atoms with Crippen LogP contribution in [0.25, 0.3) is 0 Å². The van der Waals surface area contributed by atoms with E-state index in [1.807, 2.05) is 6.92 Å². The number of nitrogens with two attached hydrogens (primary N) is 1. The van der Waals surface area contributed by atoms with Crippen molar-refractivity contribution in [3.8, 4) is 0 Å². The van der Waals surface area contributed by atoms with Crippen LogP contribution in [0.2, 0.25) is 0 Å². The Kier molecular flexibility index (Phi) is 3.04. The van der Waals surface area contributed by atoms with Crippen LogP contribution in [0.3, 0.4) is 0 Å². The fourth-order valence-corrected chi connectivity index (χ4v) is 0.858. The van der Waals surface area contributed by atoms with Crippen molar-refractivity contribution in [1.82, 2.24) is 10.1 Å². The maximum Gasteiger partial charge on any atom is 0.321 e. The maximum absolute atomic E-state index is 5.49. The van der Waals surface area contributed by atoms with E-state index in [-0.39, 0.29) is 6.04 Å². The molecule has 0 bridgehead atoms. The molecule has 0 aliphatic heterocycles. The number of hydrogen-bond acceptors (Lipinski definition) is 5. The van der Waals surface area contributed by atoms with Gasteiger partial charge in [-0.1, -0.05) is 12.1 Å². The average Bonchev–Trinajstić information content (AvgIpc) is 2.47. The van der Waals surface area contributed by atoms with Gasteiger partial charge in [-0.3, -0.25) is 0 Å². The molecule has 0 aliphatic rings. The Morgan fingerprint density at radius 2 is 2.42 bits per heavy atom. The zero-order valence-corrected chi connectivity index (χ0v) is 7.37. The van der Waals surface area contributed by atoms with E-state index >= 15 is 0 Å². The van der Waals surface area contributed by atoms with E-state index in [9.17, 15) is 0 Å². The summed E-state index contributed by atoms with van der Waals surface area (Å²) in [6.45, 7) is 4.39. The topological polar surface area (TPSA) is 77.0 Å². The minimum Gasteiger partial charge on any atom is -0.334 e. The summed E-state index contributed by atoms with van der Waals surface area (Å²) >= 11 is 0. The van der Waals surface area contributed by atoms with Crippen molar-refractivity contribution >= 4 is 6.01 Å². The van der Waals surface area contributed by atoms with Crippen molar-refractivity contribution < 1.29 is 4.52 Å². The Balaban J connectivity index is 2.50. The highest BCUT2D eigenvalue weighted by atomic mass is 16.5. The van der Waals surface area contributed by atoms with Gasteiger partial charge in [0.15, 0.2) is 5.82 Å². The van der Waals surface area contributed by atoms with Crippen molar-refractivity contribution in [2.45, 2.75) is 26.3 Å². The van der Waals surface area contributed by atoms with Crippen LogP contribution in [0, 0.1) is 6.92 Å². The van der Waals surface area contributed by atoms with E-state index in [1.165, 1.54) is 0 Å². The molecule has 5 heteroatoms. The highest BCUT2D eigenvalue weighted by Gasteiger charge is 2.07. The highest BCUT2D eigenvalue weighted by Crippen LogP contribution is 2.05. The lowest BCUT2D eigenvalue weighted by molar-refractivity contribution is 0.420. The number of nitrogens with zero attached hydrogens (tertiary/aromatic N) is 2. The molecule has 1 rings (SSSR count). The van der Waals surface area contributed by atoms with E-state index in [4.69, 9.17) is 10.3 Å². The molecule has 0 amide bonds. The molecule has 0 spiro atoms. The number of hydrogen-bond donors (Lipinski definition) is 2. The molecule has 1 aromatic heterocycles. The standard InChI is InChI=1S/C7H14N4O/c1-3-6(4-8)10-7-9-5(2)11-12-7/h6H,3-4,8H2,1-2H3,(H,9,10,11). The molecule has 1 unspecified atom stereocenters. The molecule has 0 aliphatic carbocycles. The summed E-state index contributed by atoms with van der Waals surface area (Å²) in [5.41, 5.74) is 5.49. The Hall–Kier alpha value is -1.10. The first-order valence-electron chi connectivity index (χ1n) is 4.03. The lowest BCUT2D eigenvalue weighted by Crippen LogP contribution is -2.27. The summed E-state index contributed by atoms with van der Waals surface area (Å²) < 4.78 is 4.87. The van der Waals surface area contributed by atoms with E-state index in [1.54, 1.807) is 6.92 Å². The van der Waals surface area contributed by atoms with Gasteiger partial charge >= 0.3 is 6.01 Å². The van der Waals surface area contributed by atoms with Gasteiger partial charge in [0, 0.05) is 12.6 Å². The van der Waals surface area contributed by atoms with Crippen molar-refractivity contribution in [3.63, 3.8) is 0 Å². The summed E-state index contributed by atoms with van der Waals surface area (Å²) in [4.78, 5) is 4.00. The van der Waals surface area contributed by atoms with Crippen LogP contribution in [-0.4, -0.2) is 22.7 Å². The number of aryl methyl sites for hydroxylation is 1. The van der Waals surface area contributed by atoms with Gasteiger partial charge in [-0.25, -0.2) is 0 Å². The zero-order valence-electron chi connectivity index (χ0n) is 7.37. The van der Waals surface area contributed by atoms with Crippen LogP contribution in [0.4, 0.5) is 6.01 Å². The average molecular weight is 170 g/mol. The fourth-order valence-electron chi connectivity index (χ4n) is 0.858. The van der Waals surface area contributed by atoms with Gasteiger partial charge in [-0.15, -0.1) is 0 Å². The molecule has 0 aromatic carbocycles. The first kappa shape index (κ1) is 8.99. The second-order valence-corrected chi connectivity index (χ2v) is 2.63. The molecular formula is C7H14N4O. The SMILES string of the molecule is CCC(CN)Nc1nc(C)no1. The molecule has 1 aromatic rings. The number of rotatable bonds is 4. The van der Waals surface area contributed by atoms with Crippen LogP contribution in [0.5, 0.6) is 0 Å². The quantitative estimate of drug-likeness (QED) is 0.689. The Morgan fingerprint density at radius 1 is 1.67 bits per heavy atom. The third-order valence-electron chi connectivity index (χ3n) is 1.63. The molecule has 0 radical (unpaired) electrons. The zero-order chi connectivity index (χ0) is 8.97. The Labute approximate surface area is 71.3 Å². The first-order chi connectivity index (χ1) is 5.76. The number of anilines is 1. The lowest BCUT2D eigenvalue weighted by Gasteiger charge is -2.10. The molecule has 68 valence electrons. The minimum atomic E-state index is 0.213. The van der Waals surface area contributed by atoms with E-state index < -0.39 is 0 Å². The van der Waals surface area contributed by atoms with Crippen molar-refractivity contribution in [2.75, 3.05) is 11.9 Å². The van der Waals surface area contributed by atoms with Crippen LogP contribution in [-0.2, 0) is 0 Å². The second kappa shape index (κ2) is 4.06. The van der Waals surface area contributed by atoms with Gasteiger partial charge in [-0.05, 0) is 13.3 Å². The summed E-state index contributed by atoms with van der Waals surface area (Å²) in [5, 5.41) is 6.68. The molecule has 3 N–H and O–H groups in total. The van der Waals surface area contributed by atoms with Gasteiger partial charge in [0.05, 0.1) is 0 Å². The smallest absolute Gasteiger partial charge is 0.321 e. The lowest BCUT2D eigenvalue weighted by atomic mass is 10.2. The van der Waals surface area contributed by atoms with Crippen molar-refractivity contribution in [1.29, 1.82) is 0 Å². The van der Waals surface area contributed by atoms with Crippen LogP contribution < -0.4 is 11.1 Å². The van der Waals surface area contributed by atoms with Crippen molar-refractivity contribution in [3.05, 3.63) is 5.82 Å². The van der Waals surface area contributed by atoms with Gasteiger partial charge in [-0.2, -0.15) is 4.98 Å². The predicted molar refractivity (Wildman–Crippen MR) is 45.8 cm³/mol. The normalized spacial score (nSPS) is 12.9. The summed E-state index contributed by atoms with van der Waals surface area (Å²) in [5.74, 6) is 0.629. The molecule has 0 fully saturated rings. The summed E-state index contributed by atoms with van der Waals surface area (Å²) in [6.07, 6.45) is 0.942. The fraction of sp³-hybridized carbons (Fsp3) is 0.714. The van der Waals surface area contributed by atoms with Crippen molar-refractivity contribution in [2.24, 2.45) is 5.73 Å².